The van der Waals surface area contributed by atoms with Crippen LogP contribution in [0, 0.1) is 5.92 Å². The van der Waals surface area contributed by atoms with Crippen molar-refractivity contribution < 1.29 is 14.3 Å². The Morgan fingerprint density at radius 1 is 1.17 bits per heavy atom. The average molecular weight is 425 g/mol. The molecule has 1 aliphatic heterocycles. The van der Waals surface area contributed by atoms with E-state index in [-0.39, 0.29) is 18.4 Å². The molecule has 0 bridgehead atoms. The van der Waals surface area contributed by atoms with Crippen LogP contribution in [0.3, 0.4) is 0 Å². The number of fused-ring (bicyclic) bond motifs is 2. The molecule has 0 saturated heterocycles. The van der Waals surface area contributed by atoms with Crippen molar-refractivity contribution in [3.05, 3.63) is 64.8 Å². The predicted molar refractivity (Wildman–Crippen MR) is 114 cm³/mol. The van der Waals surface area contributed by atoms with Gasteiger partial charge in [-0.3, -0.25) is 14.5 Å². The fourth-order valence-corrected chi connectivity index (χ4v) is 3.44. The summed E-state index contributed by atoms with van der Waals surface area (Å²) in [6.45, 7) is 4.42. The lowest BCUT2D eigenvalue weighted by atomic mass is 10.1. The molecule has 2 amide bonds. The van der Waals surface area contributed by atoms with E-state index < -0.39 is 6.23 Å². The predicted octanol–water partition coefficient (Wildman–Crippen LogP) is 3.73. The van der Waals surface area contributed by atoms with Gasteiger partial charge in [0.25, 0.3) is 5.91 Å². The second kappa shape index (κ2) is 8.38. The van der Waals surface area contributed by atoms with E-state index in [0.717, 1.165) is 5.39 Å². The van der Waals surface area contributed by atoms with Gasteiger partial charge < -0.3 is 10.1 Å². The molecule has 0 fully saturated rings. The smallest absolute Gasteiger partial charge is 0.262 e. The van der Waals surface area contributed by atoms with Gasteiger partial charge in [0.1, 0.15) is 17.6 Å². The van der Waals surface area contributed by atoms with Gasteiger partial charge in [-0.1, -0.05) is 43.6 Å². The number of aromatic nitrogens is 2. The van der Waals surface area contributed by atoms with Crippen molar-refractivity contribution >= 4 is 40.3 Å². The summed E-state index contributed by atoms with van der Waals surface area (Å²) in [4.78, 5) is 35.5. The molecule has 1 aromatic carbocycles. The van der Waals surface area contributed by atoms with Crippen LogP contribution in [0.2, 0.25) is 5.15 Å². The van der Waals surface area contributed by atoms with E-state index in [4.69, 9.17) is 16.3 Å². The molecule has 3 aromatic rings. The third-order valence-electron chi connectivity index (χ3n) is 4.74. The molecule has 30 heavy (non-hydrogen) atoms. The van der Waals surface area contributed by atoms with Gasteiger partial charge in [-0.15, -0.1) is 0 Å². The zero-order chi connectivity index (χ0) is 21.3. The van der Waals surface area contributed by atoms with Crippen LogP contribution < -0.4 is 10.2 Å². The SMILES string of the molecule is CC(C)CNC(=O)COC1c2ccccc2C(=O)N1c1ccc2ccc(Cl)nc2n1. The molecule has 2 aromatic heterocycles. The summed E-state index contributed by atoms with van der Waals surface area (Å²) in [5.74, 6) is 0.235. The Bertz CT molecular complexity index is 1120. The third-order valence-corrected chi connectivity index (χ3v) is 4.95. The van der Waals surface area contributed by atoms with Crippen molar-refractivity contribution in [1.29, 1.82) is 0 Å². The fourth-order valence-electron chi connectivity index (χ4n) is 3.29. The molecule has 1 atom stereocenters. The van der Waals surface area contributed by atoms with Crippen LogP contribution >= 0.6 is 11.6 Å². The highest BCUT2D eigenvalue weighted by Gasteiger charge is 2.39. The van der Waals surface area contributed by atoms with E-state index in [1.165, 1.54) is 4.90 Å². The standard InChI is InChI=1S/C22H21ClN4O3/c1-13(2)11-24-19(28)12-30-22-16-6-4-3-5-15(16)21(29)27(22)18-10-8-14-7-9-17(23)25-20(14)26-18/h3-10,13,22H,11-12H2,1-2H3,(H,24,28). The number of hydrogen-bond donors (Lipinski definition) is 1. The first-order valence-electron chi connectivity index (χ1n) is 9.68. The Kier molecular flexibility index (Phi) is 5.65. The average Bonchev–Trinajstić information content (AvgIpc) is 3.02. The molecule has 0 aliphatic carbocycles. The molecule has 8 heteroatoms. The van der Waals surface area contributed by atoms with Gasteiger partial charge in [-0.2, -0.15) is 0 Å². The Morgan fingerprint density at radius 3 is 2.73 bits per heavy atom. The lowest BCUT2D eigenvalue weighted by Crippen LogP contribution is -2.35. The molecule has 154 valence electrons. The summed E-state index contributed by atoms with van der Waals surface area (Å²) in [6.07, 6.45) is -0.761. The summed E-state index contributed by atoms with van der Waals surface area (Å²) >= 11 is 6.00. The first kappa shape index (κ1) is 20.3. The molecule has 3 heterocycles. The Hall–Kier alpha value is -3.03. The number of hydrogen-bond acceptors (Lipinski definition) is 5. The van der Waals surface area contributed by atoms with Crippen molar-refractivity contribution in [2.24, 2.45) is 5.92 Å². The zero-order valence-electron chi connectivity index (χ0n) is 16.6. The zero-order valence-corrected chi connectivity index (χ0v) is 17.4. The largest absolute Gasteiger partial charge is 0.354 e. The molecule has 0 saturated carbocycles. The van der Waals surface area contributed by atoms with Crippen molar-refractivity contribution in [2.75, 3.05) is 18.1 Å². The van der Waals surface area contributed by atoms with Crippen molar-refractivity contribution in [1.82, 2.24) is 15.3 Å². The Labute approximate surface area is 179 Å². The van der Waals surface area contributed by atoms with Crippen LogP contribution in [0.15, 0.2) is 48.5 Å². The lowest BCUT2D eigenvalue weighted by Gasteiger charge is -2.24. The number of amides is 2. The highest BCUT2D eigenvalue weighted by molar-refractivity contribution is 6.29. The van der Waals surface area contributed by atoms with Gasteiger partial charge in [0.2, 0.25) is 5.91 Å². The molecule has 0 radical (unpaired) electrons. The van der Waals surface area contributed by atoms with Gasteiger partial charge in [0, 0.05) is 23.1 Å². The number of halogens is 1. The monoisotopic (exact) mass is 424 g/mol. The van der Waals surface area contributed by atoms with Crippen LogP contribution in [-0.2, 0) is 9.53 Å². The summed E-state index contributed by atoms with van der Waals surface area (Å²) < 4.78 is 5.90. The number of benzene rings is 1. The highest BCUT2D eigenvalue weighted by atomic mass is 35.5. The molecular weight excluding hydrogens is 404 g/mol. The number of rotatable bonds is 6. The minimum atomic E-state index is -0.761. The van der Waals surface area contributed by atoms with Crippen LogP contribution in [-0.4, -0.2) is 34.9 Å². The van der Waals surface area contributed by atoms with E-state index in [9.17, 15) is 9.59 Å². The van der Waals surface area contributed by atoms with Crippen LogP contribution in [0.5, 0.6) is 0 Å². The molecule has 1 N–H and O–H groups in total. The molecule has 1 unspecified atom stereocenters. The molecule has 0 spiro atoms. The Morgan fingerprint density at radius 2 is 1.93 bits per heavy atom. The van der Waals surface area contributed by atoms with E-state index in [1.54, 1.807) is 24.3 Å². The van der Waals surface area contributed by atoms with Gasteiger partial charge >= 0.3 is 0 Å². The maximum atomic E-state index is 13.1. The van der Waals surface area contributed by atoms with E-state index >= 15 is 0 Å². The highest BCUT2D eigenvalue weighted by Crippen LogP contribution is 2.37. The second-order valence-corrected chi connectivity index (χ2v) is 7.86. The first-order chi connectivity index (χ1) is 14.4. The first-order valence-corrected chi connectivity index (χ1v) is 10.1. The summed E-state index contributed by atoms with van der Waals surface area (Å²) in [7, 11) is 0. The summed E-state index contributed by atoms with van der Waals surface area (Å²) in [6, 6.07) is 14.2. The minimum absolute atomic E-state index is 0.173. The van der Waals surface area contributed by atoms with Crippen LogP contribution in [0.25, 0.3) is 11.0 Å². The second-order valence-electron chi connectivity index (χ2n) is 7.47. The maximum absolute atomic E-state index is 13.1. The molecule has 4 rings (SSSR count). The fraction of sp³-hybridized carbons (Fsp3) is 0.273. The Balaban J connectivity index is 1.65. The molecular formula is C22H21ClN4O3. The quantitative estimate of drug-likeness (QED) is 0.609. The summed E-state index contributed by atoms with van der Waals surface area (Å²) in [5, 5.41) is 3.94. The lowest BCUT2D eigenvalue weighted by molar-refractivity contribution is -0.127. The van der Waals surface area contributed by atoms with Crippen LogP contribution in [0.1, 0.15) is 36.0 Å². The van der Waals surface area contributed by atoms with E-state index in [2.05, 4.69) is 15.3 Å². The van der Waals surface area contributed by atoms with Gasteiger partial charge in [-0.05, 0) is 36.2 Å². The number of nitrogens with zero attached hydrogens (tertiary/aromatic N) is 3. The third kappa shape index (κ3) is 3.99. The number of carbonyl (C=O) groups is 2. The molecule has 1 aliphatic rings. The van der Waals surface area contributed by atoms with Crippen molar-refractivity contribution in [3.63, 3.8) is 0 Å². The minimum Gasteiger partial charge on any atom is -0.354 e. The van der Waals surface area contributed by atoms with Gasteiger partial charge in [-0.25, -0.2) is 9.97 Å². The van der Waals surface area contributed by atoms with E-state index in [1.807, 2.05) is 38.1 Å². The van der Waals surface area contributed by atoms with Crippen molar-refractivity contribution in [2.45, 2.75) is 20.1 Å². The number of anilines is 1. The van der Waals surface area contributed by atoms with E-state index in [0.29, 0.717) is 40.2 Å². The number of pyridine rings is 2. The maximum Gasteiger partial charge on any atom is 0.262 e. The number of ether oxygens (including phenoxy) is 1. The van der Waals surface area contributed by atoms with Gasteiger partial charge in [0.15, 0.2) is 11.9 Å². The van der Waals surface area contributed by atoms with Crippen LogP contribution in [0.4, 0.5) is 5.82 Å². The normalized spacial score (nSPS) is 15.7. The molecule has 7 nitrogen and oxygen atoms in total. The number of carbonyl (C=O) groups excluding carboxylic acids is 2. The summed E-state index contributed by atoms with van der Waals surface area (Å²) in [5.41, 5.74) is 1.64. The van der Waals surface area contributed by atoms with Gasteiger partial charge in [0.05, 0.1) is 0 Å². The number of nitrogens with one attached hydrogen (secondary N) is 1. The topological polar surface area (TPSA) is 84.4 Å². The van der Waals surface area contributed by atoms with Crippen molar-refractivity contribution in [3.8, 4) is 0 Å².